The average Bonchev–Trinajstić information content (AvgIpc) is 3.18. The molecule has 6 nitrogen and oxygen atoms in total. The van der Waals surface area contributed by atoms with Gasteiger partial charge in [0.2, 0.25) is 0 Å². The molecule has 2 N–H and O–H groups in total. The van der Waals surface area contributed by atoms with Gasteiger partial charge in [0.1, 0.15) is 11.9 Å². The molecule has 0 spiro atoms. The van der Waals surface area contributed by atoms with Crippen LogP contribution in [-0.4, -0.2) is 45.3 Å². The predicted molar refractivity (Wildman–Crippen MR) is 136 cm³/mol. The Hall–Kier alpha value is -1.83. The standard InChI is InChI=1S/C27H41NO5S/c1-16-9-8-10-17(2)25(31)19(4)26(32)27(6,7)23(29)14-24(30)33-22(12-11-16)18(3)13-21-15-34-20(5)28-21/h11,13,15,17,19,22-23,25,29,31H,8-10,12,14H2,1-7H3/b16-11-,18-13+/t17-,19-,22-,23-,25-/m0/s1. The fourth-order valence-corrected chi connectivity index (χ4v) is 4.97. The van der Waals surface area contributed by atoms with Crippen LogP contribution in [0.3, 0.4) is 0 Å². The molecule has 1 aromatic heterocycles. The molecule has 0 unspecified atom stereocenters. The minimum absolute atomic E-state index is 0.0444. The Balaban J connectivity index is 2.33. The first-order valence-corrected chi connectivity index (χ1v) is 13.1. The van der Waals surface area contributed by atoms with Crippen LogP contribution in [0, 0.1) is 24.2 Å². The molecule has 0 radical (unpaired) electrons. The molecule has 0 amide bonds. The summed E-state index contributed by atoms with van der Waals surface area (Å²) in [6, 6.07) is 0. The van der Waals surface area contributed by atoms with Crippen LogP contribution in [-0.2, 0) is 14.3 Å². The number of ketones is 1. The van der Waals surface area contributed by atoms with E-state index >= 15 is 0 Å². The quantitative estimate of drug-likeness (QED) is 0.432. The van der Waals surface area contributed by atoms with E-state index in [4.69, 9.17) is 4.74 Å². The van der Waals surface area contributed by atoms with Crippen molar-refractivity contribution in [3.05, 3.63) is 33.3 Å². The SMILES string of the molecule is C/C1=C/C[C@@H](/C(C)=C/c2csc(C)n2)OC(=O)C[C@H](O)C(C)(C)C(=O)[C@@H](C)[C@@H](O)[C@@H](C)CCC1. The van der Waals surface area contributed by atoms with E-state index in [9.17, 15) is 19.8 Å². The van der Waals surface area contributed by atoms with Gasteiger partial charge in [-0.3, -0.25) is 9.59 Å². The lowest BCUT2D eigenvalue weighted by atomic mass is 9.73. The molecular formula is C27H41NO5S. The van der Waals surface area contributed by atoms with Gasteiger partial charge in [0, 0.05) is 17.7 Å². The van der Waals surface area contributed by atoms with Crippen LogP contribution in [0.15, 0.2) is 22.6 Å². The Morgan fingerprint density at radius 2 is 1.91 bits per heavy atom. The summed E-state index contributed by atoms with van der Waals surface area (Å²) in [6.45, 7) is 12.8. The topological polar surface area (TPSA) is 96.7 Å². The third-order valence-corrected chi connectivity index (χ3v) is 7.83. The average molecular weight is 492 g/mol. The van der Waals surface area contributed by atoms with Crippen molar-refractivity contribution >= 4 is 29.2 Å². The normalized spacial score (nSPS) is 32.1. The Morgan fingerprint density at radius 1 is 1.24 bits per heavy atom. The second-order valence-corrected chi connectivity index (χ2v) is 11.5. The smallest absolute Gasteiger partial charge is 0.309 e. The second kappa shape index (κ2) is 12.2. The largest absolute Gasteiger partial charge is 0.457 e. The van der Waals surface area contributed by atoms with E-state index in [1.54, 1.807) is 32.1 Å². The number of ether oxygens (including phenoxy) is 1. The summed E-state index contributed by atoms with van der Waals surface area (Å²) in [6.07, 6.45) is 4.33. The summed E-state index contributed by atoms with van der Waals surface area (Å²) in [5.74, 6) is -1.49. The van der Waals surface area contributed by atoms with Gasteiger partial charge < -0.3 is 14.9 Å². The predicted octanol–water partition coefficient (Wildman–Crippen LogP) is 5.27. The number of nitrogens with zero attached hydrogens (tertiary/aromatic N) is 1. The van der Waals surface area contributed by atoms with Gasteiger partial charge in [0.15, 0.2) is 0 Å². The minimum Gasteiger partial charge on any atom is -0.457 e. The molecule has 34 heavy (non-hydrogen) atoms. The number of carbonyl (C=O) groups excluding carboxylic acids is 2. The molecule has 0 bridgehead atoms. The highest BCUT2D eigenvalue weighted by molar-refractivity contribution is 7.09. The van der Waals surface area contributed by atoms with E-state index in [0.29, 0.717) is 6.42 Å². The first-order chi connectivity index (χ1) is 15.8. The zero-order valence-electron chi connectivity index (χ0n) is 21.6. The third-order valence-electron chi connectivity index (χ3n) is 7.04. The van der Waals surface area contributed by atoms with Gasteiger partial charge in [-0.2, -0.15) is 0 Å². The first kappa shape index (κ1) is 28.4. The van der Waals surface area contributed by atoms with Gasteiger partial charge in [0.05, 0.1) is 34.7 Å². The number of Topliss-reactive ketones (excluding diaryl/α,β-unsaturated/α-hetero) is 1. The molecule has 1 aliphatic heterocycles. The van der Waals surface area contributed by atoms with Gasteiger partial charge in [-0.1, -0.05) is 39.3 Å². The lowest BCUT2D eigenvalue weighted by Crippen LogP contribution is -2.45. The molecule has 1 aliphatic rings. The summed E-state index contributed by atoms with van der Waals surface area (Å²) in [4.78, 5) is 30.5. The summed E-state index contributed by atoms with van der Waals surface area (Å²) < 4.78 is 5.81. The van der Waals surface area contributed by atoms with Crippen molar-refractivity contribution in [2.45, 2.75) is 98.9 Å². The summed E-state index contributed by atoms with van der Waals surface area (Å²) in [7, 11) is 0. The van der Waals surface area contributed by atoms with Gasteiger partial charge >= 0.3 is 5.97 Å². The number of allylic oxidation sites excluding steroid dienone is 1. The van der Waals surface area contributed by atoms with Crippen LogP contribution in [0.4, 0.5) is 0 Å². The second-order valence-electron chi connectivity index (χ2n) is 10.4. The molecule has 0 fully saturated rings. The fourth-order valence-electron chi connectivity index (χ4n) is 4.40. The van der Waals surface area contributed by atoms with Crippen molar-refractivity contribution in [3.8, 4) is 0 Å². The number of aryl methyl sites for hydroxylation is 1. The molecule has 190 valence electrons. The number of hydrogen-bond acceptors (Lipinski definition) is 7. The van der Waals surface area contributed by atoms with Crippen LogP contribution < -0.4 is 0 Å². The van der Waals surface area contributed by atoms with Gasteiger partial charge in [-0.25, -0.2) is 4.98 Å². The Labute approximate surface area is 208 Å². The van der Waals surface area contributed by atoms with Crippen LogP contribution in [0.1, 0.15) is 84.3 Å². The van der Waals surface area contributed by atoms with Crippen molar-refractivity contribution in [3.63, 3.8) is 0 Å². The maximum atomic E-state index is 13.2. The molecular weight excluding hydrogens is 450 g/mol. The highest BCUT2D eigenvalue weighted by Crippen LogP contribution is 2.32. The number of carbonyl (C=O) groups is 2. The van der Waals surface area contributed by atoms with Crippen LogP contribution in [0.2, 0.25) is 0 Å². The number of thiazole rings is 1. The van der Waals surface area contributed by atoms with Crippen LogP contribution in [0.5, 0.6) is 0 Å². The third kappa shape index (κ3) is 7.59. The number of aliphatic hydroxyl groups excluding tert-OH is 2. The zero-order chi connectivity index (χ0) is 25.6. The highest BCUT2D eigenvalue weighted by atomic mass is 32.1. The summed E-state index contributed by atoms with van der Waals surface area (Å²) >= 11 is 1.56. The minimum atomic E-state index is -1.21. The van der Waals surface area contributed by atoms with Crippen LogP contribution >= 0.6 is 11.3 Å². The number of cyclic esters (lactones) is 1. The molecule has 7 heteroatoms. The Morgan fingerprint density at radius 3 is 2.53 bits per heavy atom. The number of rotatable bonds is 2. The summed E-state index contributed by atoms with van der Waals surface area (Å²) in [5, 5.41) is 24.5. The molecule has 2 heterocycles. The Bertz CT molecular complexity index is 916. The lowest BCUT2D eigenvalue weighted by molar-refractivity contribution is -0.154. The van der Waals surface area contributed by atoms with Crippen molar-refractivity contribution in [2.75, 3.05) is 0 Å². The number of hydrogen-bond donors (Lipinski definition) is 2. The van der Waals surface area contributed by atoms with Gasteiger partial charge in [-0.15, -0.1) is 11.3 Å². The lowest BCUT2D eigenvalue weighted by Gasteiger charge is -2.34. The number of esters is 1. The number of aliphatic hydroxyl groups is 2. The molecule has 0 saturated carbocycles. The van der Waals surface area contributed by atoms with Crippen LogP contribution in [0.25, 0.3) is 6.08 Å². The zero-order valence-corrected chi connectivity index (χ0v) is 22.4. The molecule has 1 aromatic rings. The molecule has 0 aliphatic carbocycles. The van der Waals surface area contributed by atoms with E-state index in [2.05, 4.69) is 18.0 Å². The van der Waals surface area contributed by atoms with Crippen molar-refractivity contribution in [1.29, 1.82) is 0 Å². The van der Waals surface area contributed by atoms with E-state index in [1.807, 2.05) is 32.2 Å². The number of aromatic nitrogens is 1. The van der Waals surface area contributed by atoms with Crippen molar-refractivity contribution < 1.29 is 24.5 Å². The van der Waals surface area contributed by atoms with E-state index in [-0.39, 0.29) is 18.1 Å². The fraction of sp³-hybridized carbons (Fsp3) is 0.667. The molecule has 2 rings (SSSR count). The maximum Gasteiger partial charge on any atom is 0.309 e. The molecule has 0 aromatic carbocycles. The monoisotopic (exact) mass is 491 g/mol. The van der Waals surface area contributed by atoms with Crippen molar-refractivity contribution in [2.24, 2.45) is 17.3 Å². The molecule has 5 atom stereocenters. The molecule has 0 saturated heterocycles. The van der Waals surface area contributed by atoms with Gasteiger partial charge in [-0.05, 0) is 57.6 Å². The highest BCUT2D eigenvalue weighted by Gasteiger charge is 2.42. The Kier molecular flexibility index (Phi) is 10.2. The maximum absolute atomic E-state index is 13.2. The summed E-state index contributed by atoms with van der Waals surface area (Å²) in [5.41, 5.74) is 1.71. The van der Waals surface area contributed by atoms with Crippen molar-refractivity contribution in [1.82, 2.24) is 4.98 Å². The van der Waals surface area contributed by atoms with Gasteiger partial charge in [0.25, 0.3) is 0 Å². The van der Waals surface area contributed by atoms with E-state index in [0.717, 1.165) is 35.5 Å². The first-order valence-electron chi connectivity index (χ1n) is 12.2. The van der Waals surface area contributed by atoms with E-state index in [1.165, 1.54) is 5.57 Å². The van der Waals surface area contributed by atoms with E-state index < -0.39 is 35.6 Å².